The van der Waals surface area contributed by atoms with Gasteiger partial charge in [0.05, 0.1) is 18.5 Å². The highest BCUT2D eigenvalue weighted by atomic mass is 16.3. The van der Waals surface area contributed by atoms with Crippen LogP contribution in [0.1, 0.15) is 43.2 Å². The summed E-state index contributed by atoms with van der Waals surface area (Å²) in [6, 6.07) is 17.5. The van der Waals surface area contributed by atoms with Gasteiger partial charge in [0.1, 0.15) is 17.0 Å². The minimum absolute atomic E-state index is 0.121. The molecule has 0 aliphatic carbocycles. The maximum absolute atomic E-state index is 13.6. The van der Waals surface area contributed by atoms with Gasteiger partial charge in [-0.1, -0.05) is 44.2 Å². The third-order valence-corrected chi connectivity index (χ3v) is 6.24. The Morgan fingerprint density at radius 3 is 2.53 bits per heavy atom. The number of rotatable bonds is 8. The first-order chi connectivity index (χ1) is 15.4. The molecule has 3 aromatic rings. The van der Waals surface area contributed by atoms with Crippen LogP contribution in [0.25, 0.3) is 11.5 Å². The van der Waals surface area contributed by atoms with E-state index in [2.05, 4.69) is 19.2 Å². The van der Waals surface area contributed by atoms with E-state index in [4.69, 9.17) is 4.42 Å². The molecule has 1 aliphatic rings. The molecule has 0 bridgehead atoms. The minimum atomic E-state index is -1.00. The molecule has 0 radical (unpaired) electrons. The fraction of sp³-hybridized carbons (Fsp3) is 0.385. The average molecular weight is 434 g/mol. The van der Waals surface area contributed by atoms with Crippen LogP contribution < -0.4 is 5.32 Å². The van der Waals surface area contributed by atoms with Crippen LogP contribution in [0.2, 0.25) is 0 Å². The van der Waals surface area contributed by atoms with E-state index in [-0.39, 0.29) is 11.8 Å². The molecular weight excluding hydrogens is 402 g/mol. The van der Waals surface area contributed by atoms with Crippen LogP contribution in [-0.2, 0) is 17.8 Å². The fourth-order valence-corrected chi connectivity index (χ4v) is 4.31. The van der Waals surface area contributed by atoms with Crippen LogP contribution in [0.15, 0.2) is 65.3 Å². The molecule has 4 rings (SSSR count). The van der Waals surface area contributed by atoms with Gasteiger partial charge in [-0.05, 0) is 55.5 Å². The number of benzene rings is 1. The third-order valence-electron chi connectivity index (χ3n) is 6.24. The molecule has 0 saturated heterocycles. The zero-order valence-electron chi connectivity index (χ0n) is 19.0. The van der Waals surface area contributed by atoms with Crippen LogP contribution in [0.5, 0.6) is 0 Å². The first kappa shape index (κ1) is 21.9. The Bertz CT molecular complexity index is 1070. The first-order valence-corrected chi connectivity index (χ1v) is 11.3. The number of hydrogen-bond donors (Lipinski definition) is 1. The van der Waals surface area contributed by atoms with Crippen LogP contribution in [0, 0.1) is 5.92 Å². The standard InChI is InChI=1S/C26H31N3O3/c1-19(2)13-15-27-25(31)26(3)18-28-21(23-10-7-17-32-23)11-12-22(28)24(30)29(26)16-14-20-8-5-4-6-9-20/h4-12,17,19H,13-16,18H2,1-3H3,(H,27,31). The summed E-state index contributed by atoms with van der Waals surface area (Å²) in [5.74, 6) is 0.923. The average Bonchev–Trinajstić information content (AvgIpc) is 3.43. The van der Waals surface area contributed by atoms with Gasteiger partial charge in [0, 0.05) is 13.1 Å². The van der Waals surface area contributed by atoms with Crippen molar-refractivity contribution in [2.75, 3.05) is 13.1 Å². The number of carbonyl (C=O) groups excluding carboxylic acids is 2. The van der Waals surface area contributed by atoms with Crippen molar-refractivity contribution in [1.82, 2.24) is 14.8 Å². The predicted molar refractivity (Wildman–Crippen MR) is 124 cm³/mol. The molecule has 0 fully saturated rings. The smallest absolute Gasteiger partial charge is 0.271 e. The van der Waals surface area contributed by atoms with Gasteiger partial charge in [-0.3, -0.25) is 9.59 Å². The van der Waals surface area contributed by atoms with E-state index in [9.17, 15) is 9.59 Å². The van der Waals surface area contributed by atoms with Gasteiger partial charge in [-0.2, -0.15) is 0 Å². The largest absolute Gasteiger partial charge is 0.463 e. The molecule has 1 N–H and O–H groups in total. The molecule has 6 nitrogen and oxygen atoms in total. The molecule has 1 atom stereocenters. The number of hydrogen-bond acceptors (Lipinski definition) is 3. The van der Waals surface area contributed by atoms with Gasteiger partial charge in [-0.25, -0.2) is 0 Å². The second-order valence-corrected chi connectivity index (χ2v) is 9.07. The van der Waals surface area contributed by atoms with Crippen LogP contribution in [0.4, 0.5) is 0 Å². The van der Waals surface area contributed by atoms with E-state index < -0.39 is 5.54 Å². The van der Waals surface area contributed by atoms with E-state index >= 15 is 0 Å². The number of amides is 2. The highest BCUT2D eigenvalue weighted by molar-refractivity contribution is 6.00. The van der Waals surface area contributed by atoms with Gasteiger partial charge in [-0.15, -0.1) is 0 Å². The van der Waals surface area contributed by atoms with E-state index in [1.807, 2.05) is 66.1 Å². The molecule has 1 aromatic carbocycles. The minimum Gasteiger partial charge on any atom is -0.463 e. The predicted octanol–water partition coefficient (Wildman–Crippen LogP) is 4.37. The Kier molecular flexibility index (Phi) is 6.21. The summed E-state index contributed by atoms with van der Waals surface area (Å²) in [6.45, 7) is 7.57. The van der Waals surface area contributed by atoms with Crippen molar-refractivity contribution in [2.45, 2.75) is 45.7 Å². The Hall–Kier alpha value is -3.28. The highest BCUT2D eigenvalue weighted by Crippen LogP contribution is 2.33. The highest BCUT2D eigenvalue weighted by Gasteiger charge is 2.47. The Morgan fingerprint density at radius 1 is 1.09 bits per heavy atom. The lowest BCUT2D eigenvalue weighted by Crippen LogP contribution is -2.64. The van der Waals surface area contributed by atoms with Crippen molar-refractivity contribution >= 4 is 11.8 Å². The van der Waals surface area contributed by atoms with Crippen molar-refractivity contribution in [3.63, 3.8) is 0 Å². The maximum atomic E-state index is 13.6. The molecular formula is C26H31N3O3. The lowest BCUT2D eigenvalue weighted by molar-refractivity contribution is -0.132. The quantitative estimate of drug-likeness (QED) is 0.574. The Labute approximate surface area is 189 Å². The number of carbonyl (C=O) groups is 2. The van der Waals surface area contributed by atoms with Gasteiger partial charge in [0.15, 0.2) is 0 Å². The SMILES string of the molecule is CC(C)CCNC(=O)C1(C)Cn2c(ccc2-c2ccco2)C(=O)N1CCc1ccccc1. The normalized spacial score (nSPS) is 18.1. The maximum Gasteiger partial charge on any atom is 0.271 e. The molecule has 3 heterocycles. The van der Waals surface area contributed by atoms with Crippen molar-refractivity contribution in [3.8, 4) is 11.5 Å². The monoisotopic (exact) mass is 433 g/mol. The number of furan rings is 1. The second kappa shape index (κ2) is 9.07. The van der Waals surface area contributed by atoms with Gasteiger partial charge in [0.25, 0.3) is 5.91 Å². The topological polar surface area (TPSA) is 67.5 Å². The number of nitrogens with one attached hydrogen (secondary N) is 1. The molecule has 0 spiro atoms. The van der Waals surface area contributed by atoms with Crippen molar-refractivity contribution < 1.29 is 14.0 Å². The molecule has 6 heteroatoms. The molecule has 1 aliphatic heterocycles. The first-order valence-electron chi connectivity index (χ1n) is 11.3. The summed E-state index contributed by atoms with van der Waals surface area (Å²) in [6.07, 6.45) is 3.20. The van der Waals surface area contributed by atoms with E-state index in [0.29, 0.717) is 43.4 Å². The third kappa shape index (κ3) is 4.22. The van der Waals surface area contributed by atoms with E-state index in [0.717, 1.165) is 17.7 Å². The van der Waals surface area contributed by atoms with Crippen molar-refractivity contribution in [2.24, 2.45) is 5.92 Å². The molecule has 32 heavy (non-hydrogen) atoms. The van der Waals surface area contributed by atoms with Gasteiger partial charge < -0.3 is 19.2 Å². The lowest BCUT2D eigenvalue weighted by Gasteiger charge is -2.44. The molecule has 2 aromatic heterocycles. The molecule has 2 amide bonds. The molecule has 0 saturated carbocycles. The summed E-state index contributed by atoms with van der Waals surface area (Å²) in [4.78, 5) is 28.8. The Morgan fingerprint density at radius 2 is 1.84 bits per heavy atom. The van der Waals surface area contributed by atoms with E-state index in [1.165, 1.54) is 0 Å². The molecule has 1 unspecified atom stereocenters. The number of nitrogens with zero attached hydrogens (tertiary/aromatic N) is 2. The summed E-state index contributed by atoms with van der Waals surface area (Å²) in [5, 5.41) is 3.08. The number of aromatic nitrogens is 1. The zero-order chi connectivity index (χ0) is 22.7. The van der Waals surface area contributed by atoms with Crippen molar-refractivity contribution in [1.29, 1.82) is 0 Å². The second-order valence-electron chi connectivity index (χ2n) is 9.07. The van der Waals surface area contributed by atoms with Gasteiger partial charge >= 0.3 is 0 Å². The van der Waals surface area contributed by atoms with Crippen LogP contribution >= 0.6 is 0 Å². The summed E-state index contributed by atoms with van der Waals surface area (Å²) in [7, 11) is 0. The number of fused-ring (bicyclic) bond motifs is 1. The summed E-state index contributed by atoms with van der Waals surface area (Å²) >= 11 is 0. The summed E-state index contributed by atoms with van der Waals surface area (Å²) in [5.41, 5.74) is 1.52. The van der Waals surface area contributed by atoms with E-state index in [1.54, 1.807) is 11.2 Å². The van der Waals surface area contributed by atoms with Crippen LogP contribution in [0.3, 0.4) is 0 Å². The van der Waals surface area contributed by atoms with Crippen LogP contribution in [-0.4, -0.2) is 39.9 Å². The summed E-state index contributed by atoms with van der Waals surface area (Å²) < 4.78 is 7.50. The van der Waals surface area contributed by atoms with Crippen molar-refractivity contribution in [3.05, 3.63) is 72.1 Å². The Balaban J connectivity index is 1.66. The fourth-order valence-electron chi connectivity index (χ4n) is 4.31. The molecule has 168 valence electrons. The zero-order valence-corrected chi connectivity index (χ0v) is 19.0. The lowest BCUT2D eigenvalue weighted by atomic mass is 9.93. The van der Waals surface area contributed by atoms with Gasteiger partial charge in [0.2, 0.25) is 5.91 Å².